The molecule has 0 unspecified atom stereocenters. The van der Waals surface area contributed by atoms with Gasteiger partial charge in [0.25, 0.3) is 0 Å². The Morgan fingerprint density at radius 1 is 0.882 bits per heavy atom. The number of carbonyl (C=O) groups is 1. The predicted molar refractivity (Wildman–Crippen MR) is 140 cm³/mol. The number of amides is 1. The van der Waals surface area contributed by atoms with Gasteiger partial charge in [0.2, 0.25) is 5.91 Å². The lowest BCUT2D eigenvalue weighted by Crippen LogP contribution is -2.39. The summed E-state index contributed by atoms with van der Waals surface area (Å²) >= 11 is 3.31. The van der Waals surface area contributed by atoms with Crippen molar-refractivity contribution in [2.24, 2.45) is 0 Å². The van der Waals surface area contributed by atoms with Gasteiger partial charge in [-0.1, -0.05) is 54.2 Å². The van der Waals surface area contributed by atoms with E-state index in [0.29, 0.717) is 11.7 Å². The van der Waals surface area contributed by atoms with E-state index in [1.807, 2.05) is 47.4 Å². The van der Waals surface area contributed by atoms with Crippen molar-refractivity contribution in [1.29, 1.82) is 0 Å². The van der Waals surface area contributed by atoms with Gasteiger partial charge in [-0.3, -0.25) is 9.36 Å². The third kappa shape index (κ3) is 4.10. The average Bonchev–Trinajstić information content (AvgIpc) is 3.49. The number of piperidine rings is 1. The van der Waals surface area contributed by atoms with Crippen LogP contribution in [-0.4, -0.2) is 44.2 Å². The summed E-state index contributed by atoms with van der Waals surface area (Å²) in [6, 6.07) is 26.7. The Balaban J connectivity index is 1.13. The Kier molecular flexibility index (Phi) is 5.81. The topological polar surface area (TPSA) is 51.0 Å². The Bertz CT molecular complexity index is 1420. The summed E-state index contributed by atoms with van der Waals surface area (Å²) in [6.07, 6.45) is 1.94. The summed E-state index contributed by atoms with van der Waals surface area (Å²) in [5.41, 5.74) is 4.14. The Hall–Kier alpha value is -3.16. The molecule has 7 heteroatoms. The predicted octanol–water partition coefficient (Wildman–Crippen LogP) is 6.13. The van der Waals surface area contributed by atoms with Crippen LogP contribution in [0.4, 0.5) is 0 Å². The van der Waals surface area contributed by atoms with Crippen LogP contribution in [0.2, 0.25) is 0 Å². The van der Waals surface area contributed by atoms with Crippen molar-refractivity contribution in [3.8, 4) is 5.69 Å². The van der Waals surface area contributed by atoms with Gasteiger partial charge in [0.05, 0.1) is 32.0 Å². The second kappa shape index (κ2) is 9.24. The molecule has 170 valence electrons. The standard InChI is InChI=1S/C27H24N4OS2/c32-25(30-16-14-19(15-17-30)26-28-22-11-5-7-13-24(22)34-26)18-33-27-29-21-10-4-6-12-23(21)31(27)20-8-2-1-3-9-20/h1-13,19H,14-18H2. The summed E-state index contributed by atoms with van der Waals surface area (Å²) in [7, 11) is 0. The van der Waals surface area contributed by atoms with E-state index in [-0.39, 0.29) is 5.91 Å². The van der Waals surface area contributed by atoms with Gasteiger partial charge in [0, 0.05) is 24.7 Å². The van der Waals surface area contributed by atoms with Crippen LogP contribution in [0.5, 0.6) is 0 Å². The molecular weight excluding hydrogens is 460 g/mol. The molecule has 0 spiro atoms. The maximum absolute atomic E-state index is 13.1. The number of benzene rings is 3. The number of carbonyl (C=O) groups excluding carboxylic acids is 1. The Morgan fingerprint density at radius 3 is 2.38 bits per heavy atom. The first-order chi connectivity index (χ1) is 16.8. The van der Waals surface area contributed by atoms with Crippen molar-refractivity contribution in [1.82, 2.24) is 19.4 Å². The third-order valence-corrected chi connectivity index (χ3v) is 8.50. The lowest BCUT2D eigenvalue weighted by atomic mass is 9.97. The minimum atomic E-state index is 0.180. The Morgan fingerprint density at radius 2 is 1.59 bits per heavy atom. The van der Waals surface area contributed by atoms with Crippen molar-refractivity contribution in [2.75, 3.05) is 18.8 Å². The van der Waals surface area contributed by atoms with E-state index in [1.165, 1.54) is 21.5 Å². The molecule has 0 N–H and O–H groups in total. The first-order valence-electron chi connectivity index (χ1n) is 11.6. The summed E-state index contributed by atoms with van der Waals surface area (Å²) in [6.45, 7) is 1.57. The number of para-hydroxylation sites is 4. The highest BCUT2D eigenvalue weighted by Crippen LogP contribution is 2.34. The number of thioether (sulfide) groups is 1. The lowest BCUT2D eigenvalue weighted by Gasteiger charge is -2.31. The first-order valence-corrected chi connectivity index (χ1v) is 13.4. The molecule has 0 aliphatic carbocycles. The number of imidazole rings is 1. The molecule has 5 aromatic rings. The fourth-order valence-corrected chi connectivity index (χ4v) is 6.65. The molecule has 0 atom stereocenters. The van der Waals surface area contributed by atoms with E-state index in [0.717, 1.165) is 53.3 Å². The monoisotopic (exact) mass is 484 g/mol. The van der Waals surface area contributed by atoms with E-state index in [1.54, 1.807) is 11.3 Å². The van der Waals surface area contributed by atoms with Gasteiger partial charge < -0.3 is 4.90 Å². The molecule has 1 aliphatic heterocycles. The van der Waals surface area contributed by atoms with E-state index < -0.39 is 0 Å². The summed E-state index contributed by atoms with van der Waals surface area (Å²) < 4.78 is 3.39. The number of likely N-dealkylation sites (tertiary alicyclic amines) is 1. The van der Waals surface area contributed by atoms with Gasteiger partial charge in [-0.25, -0.2) is 9.97 Å². The fourth-order valence-electron chi connectivity index (χ4n) is 4.59. The minimum absolute atomic E-state index is 0.180. The molecule has 1 aliphatic rings. The largest absolute Gasteiger partial charge is 0.342 e. The third-order valence-electron chi connectivity index (χ3n) is 6.38. The highest BCUT2D eigenvalue weighted by atomic mass is 32.2. The molecule has 1 amide bonds. The zero-order valence-corrected chi connectivity index (χ0v) is 20.3. The molecule has 2 aromatic heterocycles. The molecular formula is C27H24N4OS2. The van der Waals surface area contributed by atoms with Crippen molar-refractivity contribution >= 4 is 50.3 Å². The van der Waals surface area contributed by atoms with Crippen LogP contribution in [0, 0.1) is 0 Å². The van der Waals surface area contributed by atoms with Crippen LogP contribution in [0.15, 0.2) is 84.0 Å². The second-order valence-electron chi connectivity index (χ2n) is 8.52. The number of fused-ring (bicyclic) bond motifs is 2. The molecule has 3 heterocycles. The number of hydrogen-bond donors (Lipinski definition) is 0. The highest BCUT2D eigenvalue weighted by Gasteiger charge is 2.26. The zero-order chi connectivity index (χ0) is 22.9. The Labute approximate surface area is 206 Å². The second-order valence-corrected chi connectivity index (χ2v) is 10.5. The maximum Gasteiger partial charge on any atom is 0.233 e. The SMILES string of the molecule is O=C(CSc1nc2ccccc2n1-c1ccccc1)N1CCC(c2nc3ccccc3s2)CC1. The van der Waals surface area contributed by atoms with Crippen LogP contribution >= 0.6 is 23.1 Å². The van der Waals surface area contributed by atoms with E-state index in [9.17, 15) is 4.79 Å². The van der Waals surface area contributed by atoms with Crippen molar-refractivity contribution < 1.29 is 4.79 Å². The number of aromatic nitrogens is 3. The molecule has 0 bridgehead atoms. The smallest absolute Gasteiger partial charge is 0.233 e. The highest BCUT2D eigenvalue weighted by molar-refractivity contribution is 7.99. The van der Waals surface area contributed by atoms with Gasteiger partial charge in [-0.2, -0.15) is 0 Å². The van der Waals surface area contributed by atoms with E-state index >= 15 is 0 Å². The number of rotatable bonds is 5. The van der Waals surface area contributed by atoms with Crippen molar-refractivity contribution in [2.45, 2.75) is 23.9 Å². The van der Waals surface area contributed by atoms with Crippen molar-refractivity contribution in [3.63, 3.8) is 0 Å². The van der Waals surface area contributed by atoms with E-state index in [2.05, 4.69) is 41.0 Å². The number of nitrogens with zero attached hydrogens (tertiary/aromatic N) is 4. The molecule has 0 saturated carbocycles. The summed E-state index contributed by atoms with van der Waals surface area (Å²) in [5, 5.41) is 2.06. The molecule has 3 aromatic carbocycles. The molecule has 1 saturated heterocycles. The zero-order valence-electron chi connectivity index (χ0n) is 18.6. The van der Waals surface area contributed by atoms with Crippen LogP contribution in [-0.2, 0) is 4.79 Å². The number of hydrogen-bond acceptors (Lipinski definition) is 5. The van der Waals surface area contributed by atoms with Crippen LogP contribution in [0.3, 0.4) is 0 Å². The normalized spacial score (nSPS) is 14.8. The molecule has 34 heavy (non-hydrogen) atoms. The molecule has 6 rings (SSSR count). The maximum atomic E-state index is 13.1. The number of thiazole rings is 1. The van der Waals surface area contributed by atoms with Gasteiger partial charge in [0.1, 0.15) is 0 Å². The quantitative estimate of drug-likeness (QED) is 0.282. The summed E-state index contributed by atoms with van der Waals surface area (Å²) in [4.78, 5) is 24.7. The minimum Gasteiger partial charge on any atom is -0.342 e. The molecule has 1 fully saturated rings. The van der Waals surface area contributed by atoms with Crippen LogP contribution in [0.1, 0.15) is 23.8 Å². The van der Waals surface area contributed by atoms with Crippen LogP contribution in [0.25, 0.3) is 26.9 Å². The average molecular weight is 485 g/mol. The molecule has 0 radical (unpaired) electrons. The molecule has 5 nitrogen and oxygen atoms in total. The van der Waals surface area contributed by atoms with Gasteiger partial charge >= 0.3 is 0 Å². The first kappa shape index (κ1) is 21.4. The lowest BCUT2D eigenvalue weighted by molar-refractivity contribution is -0.129. The fraction of sp³-hybridized carbons (Fsp3) is 0.222. The van der Waals surface area contributed by atoms with Crippen molar-refractivity contribution in [3.05, 3.63) is 83.9 Å². The van der Waals surface area contributed by atoms with E-state index in [4.69, 9.17) is 9.97 Å². The van der Waals surface area contributed by atoms with Crippen LogP contribution < -0.4 is 0 Å². The summed E-state index contributed by atoms with van der Waals surface area (Å²) in [5.74, 6) is 1.01. The van der Waals surface area contributed by atoms with Gasteiger partial charge in [0.15, 0.2) is 5.16 Å². The van der Waals surface area contributed by atoms with Gasteiger partial charge in [-0.15, -0.1) is 11.3 Å². The van der Waals surface area contributed by atoms with Gasteiger partial charge in [-0.05, 0) is 49.2 Å².